The zero-order chi connectivity index (χ0) is 14.4. The topological polar surface area (TPSA) is 46.5 Å². The number of aliphatic carboxylic acids is 1. The molecule has 0 aliphatic rings. The molecule has 0 bridgehead atoms. The molecule has 1 N–H and O–H groups in total. The molecule has 2 aromatic rings. The second-order valence-electron chi connectivity index (χ2n) is 4.45. The van der Waals surface area contributed by atoms with E-state index >= 15 is 0 Å². The Morgan fingerprint density at radius 1 is 1.05 bits per heavy atom. The van der Waals surface area contributed by atoms with E-state index < -0.39 is 12.1 Å². The van der Waals surface area contributed by atoms with Crippen molar-refractivity contribution in [3.63, 3.8) is 0 Å². The van der Waals surface area contributed by atoms with Crippen molar-refractivity contribution in [2.45, 2.75) is 19.1 Å². The minimum Gasteiger partial charge on any atom is -0.479 e. The maximum atomic E-state index is 11.3. The van der Waals surface area contributed by atoms with Gasteiger partial charge in [-0.15, -0.1) is 0 Å². The van der Waals surface area contributed by atoms with Gasteiger partial charge >= 0.3 is 5.97 Å². The number of ether oxygens (including phenoxy) is 1. The average Bonchev–Trinajstić information content (AvgIpc) is 2.46. The summed E-state index contributed by atoms with van der Waals surface area (Å²) in [6.07, 6.45) is -0.450. The molecule has 4 heteroatoms. The van der Waals surface area contributed by atoms with Crippen LogP contribution in [0.4, 0.5) is 0 Å². The smallest absolute Gasteiger partial charge is 0.333 e. The first-order chi connectivity index (χ1) is 9.65. The van der Waals surface area contributed by atoms with Crippen LogP contribution >= 0.6 is 22.6 Å². The van der Waals surface area contributed by atoms with Crippen LogP contribution in [0.5, 0.6) is 0 Å². The molecule has 0 unspecified atom stereocenters. The first kappa shape index (κ1) is 15.0. The summed E-state index contributed by atoms with van der Waals surface area (Å²) in [6.45, 7) is 0.308. The fraction of sp³-hybridized carbons (Fsp3) is 0.188. The van der Waals surface area contributed by atoms with E-state index in [4.69, 9.17) is 4.74 Å². The van der Waals surface area contributed by atoms with E-state index in [1.165, 1.54) is 0 Å². The molecule has 0 aromatic heterocycles. The molecule has 2 rings (SSSR count). The van der Waals surface area contributed by atoms with Gasteiger partial charge in [0, 0.05) is 9.99 Å². The van der Waals surface area contributed by atoms with Crippen molar-refractivity contribution >= 4 is 28.6 Å². The zero-order valence-electron chi connectivity index (χ0n) is 10.8. The summed E-state index contributed by atoms with van der Waals surface area (Å²) in [6, 6.07) is 17.4. The van der Waals surface area contributed by atoms with Gasteiger partial charge in [-0.3, -0.25) is 0 Å². The molecule has 0 aliphatic heterocycles. The Labute approximate surface area is 131 Å². The third-order valence-electron chi connectivity index (χ3n) is 2.90. The van der Waals surface area contributed by atoms with Crippen LogP contribution < -0.4 is 0 Å². The highest BCUT2D eigenvalue weighted by molar-refractivity contribution is 14.1. The van der Waals surface area contributed by atoms with Gasteiger partial charge in [0.05, 0.1) is 6.61 Å². The van der Waals surface area contributed by atoms with Gasteiger partial charge in [0.1, 0.15) is 0 Å². The van der Waals surface area contributed by atoms with Crippen molar-refractivity contribution in [1.82, 2.24) is 0 Å². The second-order valence-corrected chi connectivity index (χ2v) is 5.70. The predicted octanol–water partition coefficient (Wildman–Crippen LogP) is 3.50. The molecule has 0 amide bonds. The largest absolute Gasteiger partial charge is 0.479 e. The quantitative estimate of drug-likeness (QED) is 0.778. The lowest BCUT2D eigenvalue weighted by Gasteiger charge is -2.14. The second kappa shape index (κ2) is 7.40. The monoisotopic (exact) mass is 382 g/mol. The van der Waals surface area contributed by atoms with Crippen molar-refractivity contribution in [2.75, 3.05) is 0 Å². The average molecular weight is 382 g/mol. The van der Waals surface area contributed by atoms with E-state index in [1.54, 1.807) is 0 Å². The number of carboxylic acids is 1. The fourth-order valence-corrected chi connectivity index (χ4v) is 2.18. The fourth-order valence-electron chi connectivity index (χ4n) is 1.82. The normalized spacial score (nSPS) is 12.1. The lowest BCUT2D eigenvalue weighted by atomic mass is 10.1. The summed E-state index contributed by atoms with van der Waals surface area (Å²) in [5.74, 6) is -0.931. The van der Waals surface area contributed by atoms with Crippen LogP contribution in [0.3, 0.4) is 0 Å². The maximum Gasteiger partial charge on any atom is 0.333 e. The van der Waals surface area contributed by atoms with Gasteiger partial charge in [-0.1, -0.05) is 42.5 Å². The molecular weight excluding hydrogens is 367 g/mol. The third kappa shape index (κ3) is 4.61. The van der Waals surface area contributed by atoms with Gasteiger partial charge < -0.3 is 9.84 Å². The van der Waals surface area contributed by atoms with E-state index in [-0.39, 0.29) is 0 Å². The van der Waals surface area contributed by atoms with E-state index in [9.17, 15) is 9.90 Å². The molecule has 0 radical (unpaired) electrons. The molecular formula is C16H15IO3. The molecule has 0 aliphatic carbocycles. The number of benzene rings is 2. The van der Waals surface area contributed by atoms with Crippen molar-refractivity contribution < 1.29 is 14.6 Å². The predicted molar refractivity (Wildman–Crippen MR) is 85.5 cm³/mol. The molecule has 0 spiro atoms. The third-order valence-corrected chi connectivity index (χ3v) is 3.62. The minimum absolute atomic E-state index is 0.308. The molecule has 3 nitrogen and oxygen atoms in total. The molecule has 104 valence electrons. The highest BCUT2D eigenvalue weighted by atomic mass is 127. The Bertz CT molecular complexity index is 552. The Balaban J connectivity index is 1.97. The summed E-state index contributed by atoms with van der Waals surface area (Å²) in [5, 5.41) is 9.24. The molecule has 0 fully saturated rings. The SMILES string of the molecule is O=C(O)[C@@H](Cc1ccc(I)cc1)OCc1ccccc1. The number of hydrogen-bond acceptors (Lipinski definition) is 2. The van der Waals surface area contributed by atoms with Crippen LogP contribution in [0.25, 0.3) is 0 Å². The van der Waals surface area contributed by atoms with Gasteiger partial charge in [-0.05, 0) is 45.9 Å². The number of carbonyl (C=O) groups is 1. The number of rotatable bonds is 6. The first-order valence-electron chi connectivity index (χ1n) is 6.28. The first-order valence-corrected chi connectivity index (χ1v) is 7.36. The summed E-state index contributed by atoms with van der Waals surface area (Å²) >= 11 is 2.22. The van der Waals surface area contributed by atoms with Gasteiger partial charge in [-0.2, -0.15) is 0 Å². The van der Waals surface area contributed by atoms with Gasteiger partial charge in [0.2, 0.25) is 0 Å². The van der Waals surface area contributed by atoms with Crippen LogP contribution in [0.1, 0.15) is 11.1 Å². The van der Waals surface area contributed by atoms with E-state index in [0.29, 0.717) is 13.0 Å². The van der Waals surface area contributed by atoms with E-state index in [0.717, 1.165) is 14.7 Å². The van der Waals surface area contributed by atoms with Gasteiger partial charge in [0.15, 0.2) is 6.10 Å². The van der Waals surface area contributed by atoms with Crippen molar-refractivity contribution in [1.29, 1.82) is 0 Å². The van der Waals surface area contributed by atoms with Crippen LogP contribution in [0.2, 0.25) is 0 Å². The Morgan fingerprint density at radius 2 is 1.70 bits per heavy atom. The number of carboxylic acid groups (broad SMARTS) is 1. The maximum absolute atomic E-state index is 11.3. The number of halogens is 1. The summed E-state index contributed by atoms with van der Waals surface area (Å²) in [4.78, 5) is 11.3. The zero-order valence-corrected chi connectivity index (χ0v) is 13.0. The lowest BCUT2D eigenvalue weighted by molar-refractivity contribution is -0.151. The van der Waals surface area contributed by atoms with Gasteiger partial charge in [-0.25, -0.2) is 4.79 Å². The standard InChI is InChI=1S/C16H15IO3/c17-14-8-6-12(7-9-14)10-15(16(18)19)20-11-13-4-2-1-3-5-13/h1-9,15H,10-11H2,(H,18,19)/t15-/m1/s1. The van der Waals surface area contributed by atoms with Crippen LogP contribution in [0.15, 0.2) is 54.6 Å². The molecule has 0 saturated carbocycles. The molecule has 0 heterocycles. The summed E-state index contributed by atoms with van der Waals surface area (Å²) in [5.41, 5.74) is 1.94. The van der Waals surface area contributed by atoms with Crippen LogP contribution in [-0.2, 0) is 22.6 Å². The summed E-state index contributed by atoms with van der Waals surface area (Å²) in [7, 11) is 0. The van der Waals surface area contributed by atoms with E-state index in [1.807, 2.05) is 54.6 Å². The highest BCUT2D eigenvalue weighted by Gasteiger charge is 2.18. The highest BCUT2D eigenvalue weighted by Crippen LogP contribution is 2.12. The Hall–Kier alpha value is -1.40. The molecule has 1 atom stereocenters. The number of hydrogen-bond donors (Lipinski definition) is 1. The molecule has 20 heavy (non-hydrogen) atoms. The lowest BCUT2D eigenvalue weighted by Crippen LogP contribution is -2.26. The van der Waals surface area contributed by atoms with Crippen LogP contribution in [0, 0.1) is 3.57 Å². The molecule has 0 saturated heterocycles. The molecule has 2 aromatic carbocycles. The van der Waals surface area contributed by atoms with E-state index in [2.05, 4.69) is 22.6 Å². The van der Waals surface area contributed by atoms with Crippen molar-refractivity contribution in [2.24, 2.45) is 0 Å². The summed E-state index contributed by atoms with van der Waals surface area (Å²) < 4.78 is 6.65. The van der Waals surface area contributed by atoms with Crippen molar-refractivity contribution in [3.8, 4) is 0 Å². The van der Waals surface area contributed by atoms with Crippen LogP contribution in [-0.4, -0.2) is 17.2 Å². The van der Waals surface area contributed by atoms with Gasteiger partial charge in [0.25, 0.3) is 0 Å². The van der Waals surface area contributed by atoms with Crippen molar-refractivity contribution in [3.05, 3.63) is 69.3 Å². The Morgan fingerprint density at radius 3 is 2.30 bits per heavy atom. The minimum atomic E-state index is -0.931. The Kier molecular flexibility index (Phi) is 5.55.